The molecule has 1 aliphatic rings. The first kappa shape index (κ1) is 30.7. The summed E-state index contributed by atoms with van der Waals surface area (Å²) in [5, 5.41) is 0. The fourth-order valence-corrected chi connectivity index (χ4v) is 4.65. The lowest BCUT2D eigenvalue weighted by Gasteiger charge is -2.42. The van der Waals surface area contributed by atoms with Crippen LogP contribution in [0.4, 0.5) is 41.6 Å². The maximum atomic E-state index is 13.5. The van der Waals surface area contributed by atoms with Crippen molar-refractivity contribution in [2.24, 2.45) is 0 Å². The van der Waals surface area contributed by atoms with Gasteiger partial charge in [0.2, 0.25) is 0 Å². The second kappa shape index (κ2) is 11.7. The highest BCUT2D eigenvalue weighted by atomic mass is 19.4. The minimum atomic E-state index is -5.07. The maximum absolute atomic E-state index is 13.5. The van der Waals surface area contributed by atoms with Gasteiger partial charge in [-0.25, -0.2) is 9.59 Å². The smallest absolute Gasteiger partial charge is 0.416 e. The average Bonchev–Trinajstić information content (AvgIpc) is 2.89. The Morgan fingerprint density at radius 2 is 1.48 bits per heavy atom. The van der Waals surface area contributed by atoms with E-state index in [1.165, 1.54) is 31.3 Å². The fraction of sp³-hybridized carbons (Fsp3) is 0.462. The number of methoxy groups -OCH3 is 3. The van der Waals surface area contributed by atoms with Crippen molar-refractivity contribution in [1.29, 1.82) is 0 Å². The fourth-order valence-electron chi connectivity index (χ4n) is 4.65. The maximum Gasteiger partial charge on any atom is 0.416 e. The standard InChI is InChI=1S/C26H28F6N2O6/c1-6-40-24(36)34-14(2)7-19(18-11-21(37-3)22(38-4)12-20(18)34)33(23(35)39-5)13-15-8-16(25(27,28)29)10-17(9-15)26(30,31)32/h8-12,14,19H,6-7,13H2,1-5H3/t14-,19-/m1/s1. The SMILES string of the molecule is CCOC(=O)N1c2cc(OC)c(OC)cc2[C@H](N(Cc2cc(C(F)(F)F)cc(C(F)(F)F)c2)C(=O)OC)C[C@H]1C. The molecule has 3 rings (SSSR count). The number of ether oxygens (including phenoxy) is 4. The number of rotatable bonds is 6. The van der Waals surface area contributed by atoms with Gasteiger partial charge in [-0.05, 0) is 50.1 Å². The summed E-state index contributed by atoms with van der Waals surface area (Å²) in [6.07, 6.45) is -11.8. The van der Waals surface area contributed by atoms with E-state index in [-0.39, 0.29) is 36.3 Å². The van der Waals surface area contributed by atoms with Crippen molar-refractivity contribution >= 4 is 17.9 Å². The number of anilines is 1. The van der Waals surface area contributed by atoms with Gasteiger partial charge in [-0.1, -0.05) is 0 Å². The van der Waals surface area contributed by atoms with E-state index in [0.717, 1.165) is 12.0 Å². The van der Waals surface area contributed by atoms with Gasteiger partial charge >= 0.3 is 24.5 Å². The van der Waals surface area contributed by atoms with Crippen LogP contribution >= 0.6 is 0 Å². The van der Waals surface area contributed by atoms with Gasteiger partial charge in [0, 0.05) is 24.2 Å². The third-order valence-corrected chi connectivity index (χ3v) is 6.41. The number of hydrogen-bond donors (Lipinski definition) is 0. The number of fused-ring (bicyclic) bond motifs is 1. The monoisotopic (exact) mass is 578 g/mol. The number of benzene rings is 2. The first-order valence-electron chi connectivity index (χ1n) is 12.0. The van der Waals surface area contributed by atoms with Crippen molar-refractivity contribution in [3.63, 3.8) is 0 Å². The summed E-state index contributed by atoms with van der Waals surface area (Å²) in [7, 11) is 3.76. The van der Waals surface area contributed by atoms with Gasteiger partial charge in [0.05, 0.1) is 50.8 Å². The molecule has 1 aliphatic heterocycles. The van der Waals surface area contributed by atoms with Crippen LogP contribution in [0.25, 0.3) is 0 Å². The van der Waals surface area contributed by atoms with Crippen molar-refractivity contribution in [1.82, 2.24) is 4.90 Å². The molecule has 1 heterocycles. The highest BCUT2D eigenvalue weighted by Gasteiger charge is 2.41. The molecule has 2 atom stereocenters. The summed E-state index contributed by atoms with van der Waals surface area (Å²) in [5.41, 5.74) is -2.88. The molecule has 8 nitrogen and oxygen atoms in total. The van der Waals surface area contributed by atoms with Crippen LogP contribution in [0.1, 0.15) is 48.6 Å². The Bertz CT molecular complexity index is 1220. The molecule has 0 saturated heterocycles. The Morgan fingerprint density at radius 3 is 1.95 bits per heavy atom. The van der Waals surface area contributed by atoms with Gasteiger partial charge in [0.25, 0.3) is 0 Å². The zero-order valence-corrected chi connectivity index (χ0v) is 22.3. The Labute approximate surface area is 226 Å². The lowest BCUT2D eigenvalue weighted by Crippen LogP contribution is -2.47. The van der Waals surface area contributed by atoms with Crippen LogP contribution in [0, 0.1) is 0 Å². The van der Waals surface area contributed by atoms with Crippen molar-refractivity contribution < 1.29 is 54.9 Å². The Balaban J connectivity index is 2.20. The van der Waals surface area contributed by atoms with E-state index < -0.39 is 59.9 Å². The van der Waals surface area contributed by atoms with Crippen LogP contribution in [0.3, 0.4) is 0 Å². The first-order valence-corrected chi connectivity index (χ1v) is 12.0. The van der Waals surface area contributed by atoms with E-state index in [9.17, 15) is 35.9 Å². The van der Waals surface area contributed by atoms with E-state index in [0.29, 0.717) is 17.7 Å². The van der Waals surface area contributed by atoms with Crippen LogP contribution in [-0.4, -0.2) is 51.1 Å². The molecule has 0 aliphatic carbocycles. The van der Waals surface area contributed by atoms with E-state index in [2.05, 4.69) is 0 Å². The topological polar surface area (TPSA) is 77.5 Å². The first-order chi connectivity index (χ1) is 18.7. The van der Waals surface area contributed by atoms with Gasteiger partial charge in [-0.2, -0.15) is 26.3 Å². The lowest BCUT2D eigenvalue weighted by molar-refractivity contribution is -0.143. The molecule has 40 heavy (non-hydrogen) atoms. The third-order valence-electron chi connectivity index (χ3n) is 6.41. The van der Waals surface area contributed by atoms with Crippen LogP contribution in [0.5, 0.6) is 11.5 Å². The summed E-state index contributed by atoms with van der Waals surface area (Å²) in [4.78, 5) is 28.2. The number of nitrogens with zero attached hydrogens (tertiary/aromatic N) is 2. The molecule has 0 fully saturated rings. The van der Waals surface area contributed by atoms with Gasteiger partial charge in [-0.15, -0.1) is 0 Å². The third kappa shape index (κ3) is 6.31. The minimum absolute atomic E-state index is 0.0122. The van der Waals surface area contributed by atoms with Gasteiger partial charge in [0.1, 0.15) is 0 Å². The molecule has 220 valence electrons. The summed E-state index contributed by atoms with van der Waals surface area (Å²) in [5.74, 6) is 0.452. The zero-order chi connectivity index (χ0) is 30.0. The van der Waals surface area contributed by atoms with E-state index in [1.807, 2.05) is 0 Å². The largest absolute Gasteiger partial charge is 0.493 e. The van der Waals surface area contributed by atoms with Crippen molar-refractivity contribution in [2.45, 2.75) is 51.2 Å². The van der Waals surface area contributed by atoms with Crippen LogP contribution < -0.4 is 14.4 Å². The average molecular weight is 579 g/mol. The molecule has 0 saturated carbocycles. The number of carbonyl (C=O) groups excluding carboxylic acids is 2. The summed E-state index contributed by atoms with van der Waals surface area (Å²) in [6, 6.07) is 2.52. The quantitative estimate of drug-likeness (QED) is 0.351. The Morgan fingerprint density at radius 1 is 0.925 bits per heavy atom. The molecule has 14 heteroatoms. The normalized spacial score (nSPS) is 17.1. The number of carbonyl (C=O) groups is 2. The van der Waals surface area contributed by atoms with E-state index in [4.69, 9.17) is 18.9 Å². The highest BCUT2D eigenvalue weighted by molar-refractivity contribution is 5.91. The molecular formula is C26H28F6N2O6. The van der Waals surface area contributed by atoms with Crippen LogP contribution in [0.2, 0.25) is 0 Å². The Hall–Kier alpha value is -3.84. The molecular weight excluding hydrogens is 550 g/mol. The second-order valence-electron chi connectivity index (χ2n) is 8.95. The summed E-state index contributed by atoms with van der Waals surface area (Å²) < 4.78 is 102. The van der Waals surface area contributed by atoms with E-state index >= 15 is 0 Å². The van der Waals surface area contributed by atoms with Crippen molar-refractivity contribution in [3.05, 3.63) is 52.6 Å². The molecule has 0 bridgehead atoms. The number of hydrogen-bond acceptors (Lipinski definition) is 6. The highest BCUT2D eigenvalue weighted by Crippen LogP contribution is 2.47. The molecule has 0 unspecified atom stereocenters. The van der Waals surface area contributed by atoms with Crippen molar-refractivity contribution in [2.75, 3.05) is 32.8 Å². The summed E-state index contributed by atoms with van der Waals surface area (Å²) in [6.45, 7) is 2.68. The van der Waals surface area contributed by atoms with Gasteiger partial charge in [-0.3, -0.25) is 9.80 Å². The molecule has 0 N–H and O–H groups in total. The predicted molar refractivity (Wildman–Crippen MR) is 130 cm³/mol. The molecule has 0 spiro atoms. The predicted octanol–water partition coefficient (Wildman–Crippen LogP) is 6.81. The molecule has 2 aromatic rings. The molecule has 2 amide bonds. The van der Waals surface area contributed by atoms with Crippen molar-refractivity contribution in [3.8, 4) is 11.5 Å². The van der Waals surface area contributed by atoms with Gasteiger partial charge in [0.15, 0.2) is 11.5 Å². The zero-order valence-electron chi connectivity index (χ0n) is 22.3. The molecule has 0 radical (unpaired) electrons. The number of halogens is 6. The lowest BCUT2D eigenvalue weighted by atomic mass is 9.90. The van der Waals surface area contributed by atoms with Crippen LogP contribution in [-0.2, 0) is 28.4 Å². The number of amides is 2. The van der Waals surface area contributed by atoms with Gasteiger partial charge < -0.3 is 18.9 Å². The van der Waals surface area contributed by atoms with Crippen LogP contribution in [0.15, 0.2) is 30.3 Å². The molecule has 0 aromatic heterocycles. The second-order valence-corrected chi connectivity index (χ2v) is 8.95. The number of alkyl halides is 6. The minimum Gasteiger partial charge on any atom is -0.493 e. The summed E-state index contributed by atoms with van der Waals surface area (Å²) >= 11 is 0. The van der Waals surface area contributed by atoms with E-state index in [1.54, 1.807) is 13.8 Å². The molecule has 2 aromatic carbocycles. The Kier molecular flexibility index (Phi) is 9.00.